The molecule has 4 aliphatic rings. The van der Waals surface area contributed by atoms with Gasteiger partial charge < -0.3 is 45.8 Å². The van der Waals surface area contributed by atoms with Crippen molar-refractivity contribution in [2.75, 3.05) is 63.4 Å². The van der Waals surface area contributed by atoms with E-state index in [0.29, 0.717) is 51.7 Å². The van der Waals surface area contributed by atoms with Gasteiger partial charge in [0.25, 0.3) is 5.91 Å². The van der Waals surface area contributed by atoms with Crippen molar-refractivity contribution in [2.24, 2.45) is 0 Å². The molecule has 2 aromatic rings. The molecular weight excluding hydrogens is 731 g/mol. The number of piperidine rings is 3. The lowest BCUT2D eigenvalue weighted by Gasteiger charge is -2.42. The first kappa shape index (κ1) is 39.4. The third-order valence-corrected chi connectivity index (χ3v) is 11.4. The number of carbonyl (C=O) groups excluding carboxylic acids is 3. The minimum absolute atomic E-state index is 0.0498. The molecule has 0 bridgehead atoms. The number of rotatable bonds is 9. The van der Waals surface area contributed by atoms with Crippen molar-refractivity contribution >= 4 is 47.0 Å². The number of carbonyl (C=O) groups is 4. The Morgan fingerprint density at radius 1 is 0.944 bits per heavy atom. The third kappa shape index (κ3) is 9.50. The van der Waals surface area contributed by atoms with Gasteiger partial charge in [0.2, 0.25) is 0 Å². The molecule has 0 radical (unpaired) electrons. The number of nitrogens with two attached hydrogens (primary N) is 1. The molecule has 294 valence electrons. The molecule has 0 aromatic heterocycles. The van der Waals surface area contributed by atoms with Crippen LogP contribution in [0, 0.1) is 0 Å². The number of benzene rings is 2. The van der Waals surface area contributed by atoms with Gasteiger partial charge in [0.05, 0.1) is 22.8 Å². The minimum Gasteiger partial charge on any atom is -0.480 e. The van der Waals surface area contributed by atoms with E-state index in [-0.39, 0.29) is 60.8 Å². The highest BCUT2D eigenvalue weighted by Crippen LogP contribution is 2.38. The molecule has 4 aliphatic heterocycles. The fourth-order valence-corrected chi connectivity index (χ4v) is 8.31. The molecule has 6 rings (SSSR count). The Kier molecular flexibility index (Phi) is 12.4. The summed E-state index contributed by atoms with van der Waals surface area (Å²) in [7, 11) is 0. The van der Waals surface area contributed by atoms with E-state index >= 15 is 0 Å². The maximum Gasteiger partial charge on any atom is 0.418 e. The number of alkyl halides is 3. The summed E-state index contributed by atoms with van der Waals surface area (Å²) in [5, 5.41) is 14.7. The number of ether oxygens (including phenoxy) is 1. The number of hydrogen-bond donors (Lipinski definition) is 4. The van der Waals surface area contributed by atoms with Gasteiger partial charge in [-0.25, -0.2) is 9.59 Å². The van der Waals surface area contributed by atoms with Crippen molar-refractivity contribution in [1.29, 1.82) is 0 Å². The van der Waals surface area contributed by atoms with Crippen LogP contribution < -0.4 is 16.4 Å². The number of likely N-dealkylation sites (tertiary alicyclic amines) is 3. The summed E-state index contributed by atoms with van der Waals surface area (Å²) in [5.41, 5.74) is 5.78. The van der Waals surface area contributed by atoms with E-state index in [9.17, 15) is 32.3 Å². The maximum absolute atomic E-state index is 14.1. The summed E-state index contributed by atoms with van der Waals surface area (Å²) < 4.78 is 47.4. The number of halogens is 4. The lowest BCUT2D eigenvalue weighted by Crippen LogP contribution is -2.54. The van der Waals surface area contributed by atoms with Crippen molar-refractivity contribution in [3.63, 3.8) is 0 Å². The normalized spacial score (nSPS) is 20.2. The summed E-state index contributed by atoms with van der Waals surface area (Å²) in [4.78, 5) is 58.9. The number of amides is 4. The number of nitrogens with zero attached hydrogens (tertiary/aromatic N) is 4. The Labute approximate surface area is 316 Å². The van der Waals surface area contributed by atoms with E-state index in [4.69, 9.17) is 27.2 Å². The average Bonchev–Trinajstić information content (AvgIpc) is 3.32. The number of hydrogen-bond acceptors (Lipinski definition) is 8. The lowest BCUT2D eigenvalue weighted by atomic mass is 9.97. The molecule has 0 saturated carbocycles. The second kappa shape index (κ2) is 17.0. The van der Waals surface area contributed by atoms with E-state index in [0.717, 1.165) is 43.2 Å². The predicted octanol–water partition coefficient (Wildman–Crippen LogP) is 4.67. The molecule has 13 nitrogen and oxygen atoms in total. The molecular formula is C37H47ClF3N7O6. The van der Waals surface area contributed by atoms with E-state index < -0.39 is 41.5 Å². The average molecular weight is 778 g/mol. The van der Waals surface area contributed by atoms with Gasteiger partial charge in [0.15, 0.2) is 6.10 Å². The van der Waals surface area contributed by atoms with Gasteiger partial charge in [-0.15, -0.1) is 0 Å². The number of nitrogens with one attached hydrogen (secondary N) is 2. The van der Waals surface area contributed by atoms with E-state index in [1.54, 1.807) is 9.80 Å². The Morgan fingerprint density at radius 3 is 2.26 bits per heavy atom. The third-order valence-electron chi connectivity index (χ3n) is 11.1. The molecule has 0 unspecified atom stereocenters. The first-order valence-corrected chi connectivity index (χ1v) is 18.9. The number of carboxylic acid groups (broad SMARTS) is 1. The number of nitrogen functional groups attached to an aromatic ring is 1. The van der Waals surface area contributed by atoms with E-state index in [1.165, 1.54) is 11.0 Å². The Balaban J connectivity index is 1.09. The van der Waals surface area contributed by atoms with Crippen LogP contribution in [-0.4, -0.2) is 125 Å². The summed E-state index contributed by atoms with van der Waals surface area (Å²) in [6.45, 7) is 3.31. The number of aliphatic carboxylic acids is 1. The smallest absolute Gasteiger partial charge is 0.418 e. The fraction of sp³-hybridized carbons (Fsp3) is 0.568. The molecule has 0 aliphatic carbocycles. The standard InChI is InChI=1S/C37H47ClF3N7O6/c38-29-20-23(19-28(33(29)42)37(39,40)41)21-31(34(51)46-14-8-26(9-15-46)45-12-6-25(7-13-45)43-22-32(49)50)54-36(53)47-16-10-27(11-17-47)48-18-5-24-3-1-2-4-30(24)44-35(48)52/h1-4,19-20,25-27,31,43H,5-18,21-22,42H2,(H,44,52)(H,49,50)/t31-/m1/s1. The zero-order valence-electron chi connectivity index (χ0n) is 30.0. The number of carboxylic acids is 1. The van der Waals surface area contributed by atoms with Crippen LogP contribution in [-0.2, 0) is 33.3 Å². The van der Waals surface area contributed by atoms with E-state index in [1.807, 2.05) is 24.3 Å². The van der Waals surface area contributed by atoms with Crippen LogP contribution in [0.5, 0.6) is 0 Å². The van der Waals surface area contributed by atoms with Gasteiger partial charge in [-0.3, -0.25) is 9.59 Å². The lowest BCUT2D eigenvalue weighted by molar-refractivity contribution is -0.142. The highest BCUT2D eigenvalue weighted by atomic mass is 35.5. The number of anilines is 2. The topological polar surface area (TPSA) is 161 Å². The van der Waals surface area contributed by atoms with Crippen LogP contribution >= 0.6 is 11.6 Å². The molecule has 17 heteroatoms. The molecule has 4 heterocycles. The van der Waals surface area contributed by atoms with Crippen molar-refractivity contribution < 1.29 is 42.2 Å². The monoisotopic (exact) mass is 777 g/mol. The van der Waals surface area contributed by atoms with Crippen LogP contribution in [0.1, 0.15) is 55.2 Å². The van der Waals surface area contributed by atoms with Crippen molar-refractivity contribution in [3.05, 3.63) is 58.1 Å². The van der Waals surface area contributed by atoms with Gasteiger partial charge in [0, 0.05) is 63.0 Å². The van der Waals surface area contributed by atoms with Crippen LogP contribution in [0.15, 0.2) is 36.4 Å². The van der Waals surface area contributed by atoms with Gasteiger partial charge >= 0.3 is 24.3 Å². The largest absolute Gasteiger partial charge is 0.480 e. The Bertz CT molecular complexity index is 1690. The molecule has 0 spiro atoms. The summed E-state index contributed by atoms with van der Waals surface area (Å²) in [6, 6.07) is 9.77. The second-order valence-corrected chi connectivity index (χ2v) is 14.9. The minimum atomic E-state index is -4.79. The quantitative estimate of drug-likeness (QED) is 0.266. The molecule has 2 aromatic carbocycles. The highest BCUT2D eigenvalue weighted by molar-refractivity contribution is 6.33. The zero-order chi connectivity index (χ0) is 38.6. The van der Waals surface area contributed by atoms with E-state index in [2.05, 4.69) is 15.5 Å². The SMILES string of the molecule is Nc1c(Cl)cc(C[C@@H](OC(=O)N2CCC(N3CCc4ccccc4NC3=O)CC2)C(=O)N2CCC(N3CCC(NCC(=O)O)CC3)CC2)cc1C(F)(F)F. The highest BCUT2D eigenvalue weighted by Gasteiger charge is 2.38. The van der Waals surface area contributed by atoms with Gasteiger partial charge in [0.1, 0.15) is 0 Å². The summed E-state index contributed by atoms with van der Waals surface area (Å²) in [5.74, 6) is -1.40. The van der Waals surface area contributed by atoms with Crippen LogP contribution in [0.25, 0.3) is 0 Å². The maximum atomic E-state index is 14.1. The number of para-hydroxylation sites is 1. The first-order valence-electron chi connectivity index (χ1n) is 18.5. The van der Waals surface area contributed by atoms with Crippen molar-refractivity contribution in [3.8, 4) is 0 Å². The van der Waals surface area contributed by atoms with Crippen LogP contribution in [0.2, 0.25) is 5.02 Å². The Morgan fingerprint density at radius 2 is 1.59 bits per heavy atom. The van der Waals surface area contributed by atoms with Gasteiger partial charge in [-0.05, 0) is 87.4 Å². The summed E-state index contributed by atoms with van der Waals surface area (Å²) >= 11 is 6.12. The molecule has 5 N–H and O–H groups in total. The summed E-state index contributed by atoms with van der Waals surface area (Å²) in [6.07, 6.45) is -2.70. The molecule has 4 amide bonds. The molecule has 3 fully saturated rings. The molecule has 54 heavy (non-hydrogen) atoms. The molecule has 1 atom stereocenters. The fourth-order valence-electron chi connectivity index (χ4n) is 8.07. The van der Waals surface area contributed by atoms with Crippen LogP contribution in [0.4, 0.5) is 34.1 Å². The second-order valence-electron chi connectivity index (χ2n) is 14.5. The molecule has 3 saturated heterocycles. The number of urea groups is 1. The van der Waals surface area contributed by atoms with Crippen molar-refractivity contribution in [2.45, 2.75) is 81.8 Å². The van der Waals surface area contributed by atoms with Gasteiger partial charge in [-0.1, -0.05) is 29.8 Å². The zero-order valence-corrected chi connectivity index (χ0v) is 30.7. The van der Waals surface area contributed by atoms with Crippen LogP contribution in [0.3, 0.4) is 0 Å². The predicted molar refractivity (Wildman–Crippen MR) is 195 cm³/mol. The Hall–Kier alpha value is -4.28. The van der Waals surface area contributed by atoms with Gasteiger partial charge in [-0.2, -0.15) is 13.2 Å². The van der Waals surface area contributed by atoms with Crippen molar-refractivity contribution in [1.82, 2.24) is 24.9 Å². The first-order chi connectivity index (χ1) is 25.8. The number of fused-ring (bicyclic) bond motifs is 1.